The zero-order chi connectivity index (χ0) is 15.9. The number of thioether (sulfide) groups is 1. The van der Waals surface area contributed by atoms with Gasteiger partial charge in [0.1, 0.15) is 32.7 Å². The van der Waals surface area contributed by atoms with Gasteiger partial charge < -0.3 is 9.80 Å². The lowest BCUT2D eigenvalue weighted by Crippen LogP contribution is -3.27. The molecule has 0 spiro atoms. The lowest BCUT2D eigenvalue weighted by molar-refractivity contribution is -1.02. The largest absolute Gasteiger partial charge is 0.325 e. The van der Waals surface area contributed by atoms with Crippen molar-refractivity contribution in [3.63, 3.8) is 0 Å². The molecule has 1 fully saturated rings. The zero-order valence-electron chi connectivity index (χ0n) is 14.1. The number of nitrogens with one attached hydrogen (secondary N) is 2. The average Bonchev–Trinajstić information content (AvgIpc) is 2.59. The number of hydrogen-bond donors (Lipinski definition) is 2. The molecule has 0 saturated carbocycles. The third-order valence-electron chi connectivity index (χ3n) is 4.71. The molecule has 23 heavy (non-hydrogen) atoms. The molecule has 3 heteroatoms. The average molecular weight is 329 g/mol. The van der Waals surface area contributed by atoms with E-state index < -0.39 is 0 Å². The summed E-state index contributed by atoms with van der Waals surface area (Å²) >= 11 is 2.00. The lowest BCUT2D eigenvalue weighted by atomic mass is 10.2. The highest BCUT2D eigenvalue weighted by atomic mass is 32.2. The summed E-state index contributed by atoms with van der Waals surface area (Å²) < 4.78 is 0. The third kappa shape index (κ3) is 5.38. The first-order valence-electron chi connectivity index (χ1n) is 8.70. The monoisotopic (exact) mass is 328 g/mol. The van der Waals surface area contributed by atoms with E-state index in [9.17, 15) is 0 Å². The number of hydrogen-bond acceptors (Lipinski definition) is 1. The molecule has 3 rings (SSSR count). The lowest BCUT2D eigenvalue weighted by Gasteiger charge is -2.29. The Morgan fingerprint density at radius 3 is 2.17 bits per heavy atom. The molecule has 1 saturated heterocycles. The number of piperazine rings is 1. The summed E-state index contributed by atoms with van der Waals surface area (Å²) in [6.45, 7) is 9.87. The minimum Gasteiger partial charge on any atom is -0.325 e. The molecule has 1 aliphatic heterocycles. The van der Waals surface area contributed by atoms with Gasteiger partial charge in [0.15, 0.2) is 0 Å². The van der Waals surface area contributed by atoms with Crippen molar-refractivity contribution in [2.45, 2.75) is 18.4 Å². The smallest absolute Gasteiger partial charge is 0.127 e. The second-order valence-electron chi connectivity index (χ2n) is 6.57. The molecule has 122 valence electrons. The molecule has 2 aromatic carbocycles. The minimum atomic E-state index is 1.19. The fourth-order valence-corrected chi connectivity index (χ4v) is 4.17. The number of rotatable bonds is 6. The van der Waals surface area contributed by atoms with E-state index in [2.05, 4.69) is 61.5 Å². The number of aryl methyl sites for hydroxylation is 1. The molecule has 0 radical (unpaired) electrons. The maximum Gasteiger partial charge on any atom is 0.127 e. The van der Waals surface area contributed by atoms with E-state index in [0.717, 1.165) is 0 Å². The zero-order valence-corrected chi connectivity index (χ0v) is 14.9. The van der Waals surface area contributed by atoms with Gasteiger partial charge in [-0.3, -0.25) is 0 Å². The van der Waals surface area contributed by atoms with Crippen molar-refractivity contribution in [3.05, 3.63) is 65.7 Å². The maximum atomic E-state index is 2.25. The molecule has 1 heterocycles. The van der Waals surface area contributed by atoms with E-state index in [1.165, 1.54) is 61.0 Å². The molecule has 0 amide bonds. The Balaban J connectivity index is 1.35. The summed E-state index contributed by atoms with van der Waals surface area (Å²) in [4.78, 5) is 4.93. The van der Waals surface area contributed by atoms with E-state index in [-0.39, 0.29) is 0 Å². The van der Waals surface area contributed by atoms with Gasteiger partial charge in [0, 0.05) is 16.2 Å². The van der Waals surface area contributed by atoms with Crippen molar-refractivity contribution in [3.8, 4) is 0 Å². The van der Waals surface area contributed by atoms with Crippen molar-refractivity contribution >= 4 is 11.8 Å². The standard InChI is InChI=1S/C20H26N2S/c1-18-7-9-20(10-8-18)23-16-15-21-11-13-22(14-12-21)17-19-5-3-2-4-6-19/h2-10H,11-17H2,1H3/p+2. The first kappa shape index (κ1) is 16.6. The Labute approximate surface area is 144 Å². The SMILES string of the molecule is Cc1ccc(SCC[NH+]2CC[NH+](Cc3ccccc3)CC2)cc1. The van der Waals surface area contributed by atoms with Gasteiger partial charge in [-0.15, -0.1) is 11.8 Å². The van der Waals surface area contributed by atoms with Crippen LogP contribution < -0.4 is 9.80 Å². The van der Waals surface area contributed by atoms with Crippen LogP contribution in [0.5, 0.6) is 0 Å². The molecule has 0 aromatic heterocycles. The van der Waals surface area contributed by atoms with Crippen LogP contribution in [0.15, 0.2) is 59.5 Å². The van der Waals surface area contributed by atoms with Crippen LogP contribution in [0.1, 0.15) is 11.1 Å². The van der Waals surface area contributed by atoms with Crippen molar-refractivity contribution in [1.29, 1.82) is 0 Å². The highest BCUT2D eigenvalue weighted by Gasteiger charge is 2.22. The fraction of sp³-hybridized carbons (Fsp3) is 0.400. The molecule has 2 N–H and O–H groups in total. The molecular weight excluding hydrogens is 300 g/mol. The second kappa shape index (κ2) is 8.53. The Hall–Kier alpha value is -1.29. The predicted molar refractivity (Wildman–Crippen MR) is 98.3 cm³/mol. The summed E-state index contributed by atoms with van der Waals surface area (Å²) in [6, 6.07) is 19.8. The molecule has 2 nitrogen and oxygen atoms in total. The van der Waals surface area contributed by atoms with E-state index >= 15 is 0 Å². The van der Waals surface area contributed by atoms with Crippen LogP contribution >= 0.6 is 11.8 Å². The Morgan fingerprint density at radius 1 is 0.826 bits per heavy atom. The number of benzene rings is 2. The second-order valence-corrected chi connectivity index (χ2v) is 7.74. The Kier molecular flexibility index (Phi) is 6.14. The van der Waals surface area contributed by atoms with Crippen molar-refractivity contribution in [2.75, 3.05) is 38.5 Å². The van der Waals surface area contributed by atoms with Crippen molar-refractivity contribution in [1.82, 2.24) is 0 Å². The van der Waals surface area contributed by atoms with Crippen LogP contribution in [0, 0.1) is 6.92 Å². The van der Waals surface area contributed by atoms with Gasteiger partial charge in [0.2, 0.25) is 0 Å². The number of quaternary nitrogens is 2. The first-order valence-corrected chi connectivity index (χ1v) is 9.69. The van der Waals surface area contributed by atoms with Crippen LogP contribution in [-0.2, 0) is 6.54 Å². The van der Waals surface area contributed by atoms with Gasteiger partial charge in [0.25, 0.3) is 0 Å². The predicted octanol–water partition coefficient (Wildman–Crippen LogP) is 1.07. The fourth-order valence-electron chi connectivity index (χ4n) is 3.22. The first-order chi connectivity index (χ1) is 11.3. The molecule has 0 bridgehead atoms. The van der Waals surface area contributed by atoms with Gasteiger partial charge in [-0.2, -0.15) is 0 Å². The van der Waals surface area contributed by atoms with Crippen LogP contribution in [-0.4, -0.2) is 38.5 Å². The third-order valence-corrected chi connectivity index (χ3v) is 5.72. The molecule has 0 unspecified atom stereocenters. The van der Waals surface area contributed by atoms with Gasteiger partial charge >= 0.3 is 0 Å². The molecule has 1 aliphatic rings. The van der Waals surface area contributed by atoms with E-state index in [0.29, 0.717) is 0 Å². The highest BCUT2D eigenvalue weighted by Crippen LogP contribution is 2.16. The van der Waals surface area contributed by atoms with Crippen molar-refractivity contribution < 1.29 is 9.80 Å². The Morgan fingerprint density at radius 2 is 1.48 bits per heavy atom. The summed E-state index contributed by atoms with van der Waals surface area (Å²) in [6.07, 6.45) is 0. The summed E-state index contributed by atoms with van der Waals surface area (Å²) in [5.74, 6) is 1.23. The summed E-state index contributed by atoms with van der Waals surface area (Å²) in [7, 11) is 0. The van der Waals surface area contributed by atoms with Crippen LogP contribution in [0.4, 0.5) is 0 Å². The molecular formula is C20H28N2S+2. The van der Waals surface area contributed by atoms with Crippen LogP contribution in [0.3, 0.4) is 0 Å². The normalized spacial score (nSPS) is 21.3. The van der Waals surface area contributed by atoms with E-state index in [1.54, 1.807) is 9.80 Å². The summed E-state index contributed by atoms with van der Waals surface area (Å²) in [5.41, 5.74) is 2.82. The molecule has 2 aromatic rings. The van der Waals surface area contributed by atoms with Crippen LogP contribution in [0.25, 0.3) is 0 Å². The van der Waals surface area contributed by atoms with Gasteiger partial charge in [-0.1, -0.05) is 48.0 Å². The maximum absolute atomic E-state index is 2.25. The Bertz CT molecular complexity index is 574. The molecule has 0 atom stereocenters. The molecule has 0 aliphatic carbocycles. The topological polar surface area (TPSA) is 8.88 Å². The van der Waals surface area contributed by atoms with Gasteiger partial charge in [-0.05, 0) is 19.1 Å². The van der Waals surface area contributed by atoms with Crippen molar-refractivity contribution in [2.24, 2.45) is 0 Å². The van der Waals surface area contributed by atoms with Gasteiger partial charge in [0.05, 0.1) is 6.54 Å². The summed E-state index contributed by atoms with van der Waals surface area (Å²) in [5, 5.41) is 0. The van der Waals surface area contributed by atoms with Crippen LogP contribution in [0.2, 0.25) is 0 Å². The quantitative estimate of drug-likeness (QED) is 0.754. The highest BCUT2D eigenvalue weighted by molar-refractivity contribution is 7.99. The van der Waals surface area contributed by atoms with E-state index in [4.69, 9.17) is 0 Å². The van der Waals surface area contributed by atoms with E-state index in [1.807, 2.05) is 11.8 Å². The van der Waals surface area contributed by atoms with Gasteiger partial charge in [-0.25, -0.2) is 0 Å². The minimum absolute atomic E-state index is 1.19.